The lowest BCUT2D eigenvalue weighted by Crippen LogP contribution is -2.46. The van der Waals surface area contributed by atoms with Crippen LogP contribution in [0.1, 0.15) is 29.9 Å². The van der Waals surface area contributed by atoms with E-state index in [0.29, 0.717) is 12.1 Å². The number of nitrogens with one attached hydrogen (secondary N) is 1. The fourth-order valence-corrected chi connectivity index (χ4v) is 3.68. The number of rotatable bonds is 5. The maximum Gasteiger partial charge on any atom is 0.433 e. The molecule has 0 fully saturated rings. The van der Waals surface area contributed by atoms with Gasteiger partial charge in [0.05, 0.1) is 16.3 Å². The summed E-state index contributed by atoms with van der Waals surface area (Å²) < 4.78 is 79.7. The Labute approximate surface area is 183 Å². The van der Waals surface area contributed by atoms with E-state index in [1.807, 2.05) is 0 Å². The van der Waals surface area contributed by atoms with E-state index >= 15 is 0 Å². The smallest absolute Gasteiger partial charge is 0.335 e. The minimum atomic E-state index is -5.16. The van der Waals surface area contributed by atoms with Gasteiger partial charge in [0.2, 0.25) is 0 Å². The number of nitrogens with zero attached hydrogens (tertiary/aromatic N) is 3. The molecule has 0 spiro atoms. The first kappa shape index (κ1) is 25.4. The Hall–Kier alpha value is -2.91. The van der Waals surface area contributed by atoms with Crippen LogP contribution in [-0.2, 0) is 16.4 Å². The van der Waals surface area contributed by atoms with Gasteiger partial charge >= 0.3 is 22.1 Å². The molecule has 10 nitrogen and oxygen atoms in total. The third-order valence-corrected chi connectivity index (χ3v) is 6.21. The van der Waals surface area contributed by atoms with Crippen LogP contribution >= 0.6 is 11.6 Å². The molecular formula is C16H16ClF4N5O5S. The summed E-state index contributed by atoms with van der Waals surface area (Å²) in [4.78, 5) is 36.9. The Kier molecular flexibility index (Phi) is 6.78. The Morgan fingerprint density at radius 1 is 1.22 bits per heavy atom. The first-order valence-electron chi connectivity index (χ1n) is 8.50. The first-order valence-corrected chi connectivity index (χ1v) is 10.3. The largest absolute Gasteiger partial charge is 0.433 e. The van der Waals surface area contributed by atoms with Crippen molar-refractivity contribution in [3.8, 4) is 5.69 Å². The number of carbonyl (C=O) groups excluding carboxylic acids is 1. The van der Waals surface area contributed by atoms with Crippen LogP contribution in [0.25, 0.3) is 5.69 Å². The molecule has 0 atom stereocenters. The number of hydrogen-bond acceptors (Lipinski definition) is 6. The van der Waals surface area contributed by atoms with Gasteiger partial charge < -0.3 is 5.84 Å². The summed E-state index contributed by atoms with van der Waals surface area (Å²) in [5.74, 6) is 2.39. The van der Waals surface area contributed by atoms with Crippen LogP contribution in [0.4, 0.5) is 17.6 Å². The molecule has 0 radical (unpaired) electrons. The lowest BCUT2D eigenvalue weighted by atomic mass is 10.1. The minimum Gasteiger partial charge on any atom is -0.335 e. The Balaban J connectivity index is 2.67. The third-order valence-electron chi connectivity index (χ3n) is 4.28. The van der Waals surface area contributed by atoms with Crippen LogP contribution in [0.5, 0.6) is 0 Å². The number of nitrogens with two attached hydrogens (primary N) is 1. The normalized spacial score (nSPS) is 12.4. The topological polar surface area (TPSA) is 136 Å². The summed E-state index contributed by atoms with van der Waals surface area (Å²) in [5.41, 5.74) is -6.83. The second kappa shape index (κ2) is 8.55. The highest BCUT2D eigenvalue weighted by Crippen LogP contribution is 2.27. The van der Waals surface area contributed by atoms with Crippen LogP contribution in [0.2, 0.25) is 5.02 Å². The van der Waals surface area contributed by atoms with Gasteiger partial charge in [-0.2, -0.15) is 25.9 Å². The van der Waals surface area contributed by atoms with Crippen molar-refractivity contribution >= 4 is 27.7 Å². The summed E-state index contributed by atoms with van der Waals surface area (Å²) in [6.07, 6.45) is -5.16. The molecule has 1 aromatic carbocycles. The van der Waals surface area contributed by atoms with Gasteiger partial charge in [-0.15, -0.1) is 0 Å². The zero-order valence-corrected chi connectivity index (χ0v) is 18.1. The lowest BCUT2D eigenvalue weighted by Gasteiger charge is -2.21. The van der Waals surface area contributed by atoms with Gasteiger partial charge in [-0.1, -0.05) is 11.6 Å². The number of alkyl halides is 3. The molecule has 0 saturated heterocycles. The van der Waals surface area contributed by atoms with E-state index < -0.39 is 72.0 Å². The highest BCUT2D eigenvalue weighted by Gasteiger charge is 2.36. The van der Waals surface area contributed by atoms with Crippen molar-refractivity contribution in [1.29, 1.82) is 0 Å². The molecule has 32 heavy (non-hydrogen) atoms. The fraction of sp³-hybridized carbons (Fsp3) is 0.312. The first-order chi connectivity index (χ1) is 14.5. The fourth-order valence-electron chi connectivity index (χ4n) is 2.40. The predicted octanol–water partition coefficient (Wildman–Crippen LogP) is 0.839. The van der Waals surface area contributed by atoms with E-state index in [1.54, 1.807) is 4.72 Å². The maximum absolute atomic E-state index is 14.5. The van der Waals surface area contributed by atoms with E-state index in [-0.39, 0.29) is 10.6 Å². The van der Waals surface area contributed by atoms with Gasteiger partial charge in [0.25, 0.3) is 11.5 Å². The second-order valence-electron chi connectivity index (χ2n) is 6.68. The molecule has 0 bridgehead atoms. The van der Waals surface area contributed by atoms with Crippen LogP contribution in [0, 0.1) is 5.82 Å². The van der Waals surface area contributed by atoms with E-state index in [9.17, 15) is 40.4 Å². The van der Waals surface area contributed by atoms with Crippen molar-refractivity contribution in [1.82, 2.24) is 18.3 Å². The van der Waals surface area contributed by atoms with Gasteiger partial charge in [0, 0.05) is 19.2 Å². The Bertz CT molecular complexity index is 1300. The van der Waals surface area contributed by atoms with Crippen molar-refractivity contribution in [3.63, 3.8) is 0 Å². The van der Waals surface area contributed by atoms with Crippen molar-refractivity contribution in [2.24, 2.45) is 0 Å². The molecular weight excluding hydrogens is 486 g/mol. The molecule has 1 aromatic heterocycles. The van der Waals surface area contributed by atoms with Gasteiger partial charge in [-0.3, -0.25) is 9.59 Å². The second-order valence-corrected chi connectivity index (χ2v) is 8.82. The zero-order valence-electron chi connectivity index (χ0n) is 16.6. The molecule has 0 aliphatic heterocycles. The summed E-state index contributed by atoms with van der Waals surface area (Å²) in [6.45, 7) is 3.03. The van der Waals surface area contributed by atoms with Crippen molar-refractivity contribution in [2.75, 3.05) is 12.9 Å². The summed E-state index contributed by atoms with van der Waals surface area (Å²) in [6, 6.07) is 0.425. The molecule has 0 aliphatic rings. The monoisotopic (exact) mass is 501 g/mol. The van der Waals surface area contributed by atoms with E-state index in [4.69, 9.17) is 17.4 Å². The van der Waals surface area contributed by atoms with E-state index in [2.05, 4.69) is 0 Å². The van der Waals surface area contributed by atoms with E-state index in [0.717, 1.165) is 4.31 Å². The number of benzene rings is 1. The highest BCUT2D eigenvalue weighted by molar-refractivity contribution is 7.87. The molecule has 2 rings (SSSR count). The molecule has 2 aromatic rings. The molecule has 16 heteroatoms. The zero-order chi connectivity index (χ0) is 24.8. The quantitative estimate of drug-likeness (QED) is 0.460. The SMILES string of the molecule is CC(C)N(C)S(=O)(=O)NC(=O)c1cc(-n2c(=O)cc(C(F)(F)F)n(N)c2=O)c(F)cc1Cl. The van der Waals surface area contributed by atoms with Crippen LogP contribution < -0.4 is 21.8 Å². The number of carbonyl (C=O) groups is 1. The van der Waals surface area contributed by atoms with Crippen LogP contribution in [0.15, 0.2) is 27.8 Å². The number of aromatic nitrogens is 2. The van der Waals surface area contributed by atoms with Crippen molar-refractivity contribution in [3.05, 3.63) is 61.1 Å². The molecule has 176 valence electrons. The van der Waals surface area contributed by atoms with Gasteiger partial charge in [0.15, 0.2) is 5.69 Å². The van der Waals surface area contributed by atoms with Crippen LogP contribution in [0.3, 0.4) is 0 Å². The highest BCUT2D eigenvalue weighted by atomic mass is 35.5. The van der Waals surface area contributed by atoms with Crippen LogP contribution in [-0.4, -0.2) is 41.0 Å². The Morgan fingerprint density at radius 2 is 1.78 bits per heavy atom. The number of nitrogen functional groups attached to an aromatic ring is 1. The summed E-state index contributed by atoms with van der Waals surface area (Å²) in [7, 11) is -3.18. The predicted molar refractivity (Wildman–Crippen MR) is 106 cm³/mol. The lowest BCUT2D eigenvalue weighted by molar-refractivity contribution is -0.143. The molecule has 0 unspecified atom stereocenters. The average Bonchev–Trinajstić information content (AvgIpc) is 2.64. The summed E-state index contributed by atoms with van der Waals surface area (Å²) >= 11 is 5.80. The minimum absolute atomic E-state index is 0.0444. The molecule has 1 heterocycles. The van der Waals surface area contributed by atoms with Crippen molar-refractivity contribution < 1.29 is 30.8 Å². The number of hydrogen-bond donors (Lipinski definition) is 2. The number of halogens is 5. The third kappa shape index (κ3) is 4.78. The molecule has 3 N–H and O–H groups in total. The van der Waals surface area contributed by atoms with Crippen molar-refractivity contribution in [2.45, 2.75) is 26.1 Å². The average molecular weight is 502 g/mol. The maximum atomic E-state index is 14.5. The van der Waals surface area contributed by atoms with Gasteiger partial charge in [-0.25, -0.2) is 23.2 Å². The molecule has 0 aliphatic carbocycles. The van der Waals surface area contributed by atoms with Gasteiger partial charge in [-0.05, 0) is 26.0 Å². The molecule has 1 amide bonds. The standard InChI is InChI=1S/C16H16ClF4N5O5S/c1-7(2)24(3)32(30,31)23-14(28)8-4-11(10(18)5-9(8)17)25-13(27)6-12(16(19,20)21)26(22)15(25)29/h4-7H,22H2,1-3H3,(H,23,28). The molecule has 0 saturated carbocycles. The Morgan fingerprint density at radius 3 is 2.28 bits per heavy atom. The number of amides is 1. The van der Waals surface area contributed by atoms with Gasteiger partial charge in [0.1, 0.15) is 5.82 Å². The summed E-state index contributed by atoms with van der Waals surface area (Å²) in [5, 5.41) is -0.598. The van der Waals surface area contributed by atoms with E-state index in [1.165, 1.54) is 20.9 Å².